The highest BCUT2D eigenvalue weighted by Gasteiger charge is 2.19. The number of benzene rings is 1. The highest BCUT2D eigenvalue weighted by molar-refractivity contribution is 5.94. The fraction of sp³-hybridized carbons (Fsp3) is 0.500. The molecule has 0 radical (unpaired) electrons. The van der Waals surface area contributed by atoms with Crippen LogP contribution in [0.25, 0.3) is 0 Å². The summed E-state index contributed by atoms with van der Waals surface area (Å²) >= 11 is 0. The smallest absolute Gasteiger partial charge is 0.251 e. The molecular formula is C14H20N2O2. The maximum atomic E-state index is 11.8. The second-order valence-corrected chi connectivity index (χ2v) is 4.56. The molecule has 2 N–H and O–H groups in total. The van der Waals surface area contributed by atoms with E-state index in [1.165, 1.54) is 0 Å². The van der Waals surface area contributed by atoms with Gasteiger partial charge in [0, 0.05) is 18.7 Å². The lowest BCUT2D eigenvalue weighted by Gasteiger charge is -2.27. The zero-order chi connectivity index (χ0) is 12.8. The number of carbonyl (C=O) groups excluding carboxylic acids is 1. The average molecular weight is 248 g/mol. The Balaban J connectivity index is 1.83. The molecule has 0 spiro atoms. The Morgan fingerprint density at radius 3 is 2.67 bits per heavy atom. The van der Waals surface area contributed by atoms with E-state index in [-0.39, 0.29) is 11.9 Å². The van der Waals surface area contributed by atoms with E-state index in [4.69, 9.17) is 4.74 Å². The van der Waals surface area contributed by atoms with Gasteiger partial charge in [0.1, 0.15) is 5.75 Å². The van der Waals surface area contributed by atoms with E-state index in [1.54, 1.807) is 0 Å². The number of rotatable bonds is 6. The van der Waals surface area contributed by atoms with Crippen molar-refractivity contribution < 1.29 is 9.53 Å². The number of carbonyl (C=O) groups is 1. The highest BCUT2D eigenvalue weighted by Crippen LogP contribution is 2.13. The van der Waals surface area contributed by atoms with Crippen LogP contribution in [0.15, 0.2) is 24.3 Å². The molecule has 0 bridgehead atoms. The summed E-state index contributed by atoms with van der Waals surface area (Å²) < 4.78 is 5.55. The third-order valence-electron chi connectivity index (χ3n) is 3.00. The second kappa shape index (κ2) is 6.40. The van der Waals surface area contributed by atoms with E-state index in [0.717, 1.165) is 38.3 Å². The van der Waals surface area contributed by atoms with Crippen LogP contribution in [0.4, 0.5) is 0 Å². The molecule has 1 saturated heterocycles. The number of ether oxygens (including phenoxy) is 1. The summed E-state index contributed by atoms with van der Waals surface area (Å²) in [5.41, 5.74) is 0.685. The van der Waals surface area contributed by atoms with E-state index >= 15 is 0 Å². The third kappa shape index (κ3) is 3.47. The lowest BCUT2D eigenvalue weighted by molar-refractivity contribution is 0.0924. The summed E-state index contributed by atoms with van der Waals surface area (Å²) in [6.45, 7) is 4.59. The van der Waals surface area contributed by atoms with Crippen LogP contribution in [0.2, 0.25) is 0 Å². The number of hydrogen-bond acceptors (Lipinski definition) is 3. The first-order valence-corrected chi connectivity index (χ1v) is 6.54. The Hall–Kier alpha value is -1.55. The normalized spacial score (nSPS) is 14.9. The van der Waals surface area contributed by atoms with Gasteiger partial charge in [0.2, 0.25) is 0 Å². The molecule has 98 valence electrons. The zero-order valence-electron chi connectivity index (χ0n) is 10.7. The molecule has 4 nitrogen and oxygen atoms in total. The summed E-state index contributed by atoms with van der Waals surface area (Å²) in [4.78, 5) is 11.8. The maximum Gasteiger partial charge on any atom is 0.251 e. The van der Waals surface area contributed by atoms with E-state index in [2.05, 4.69) is 17.6 Å². The minimum atomic E-state index is -0.0124. The van der Waals surface area contributed by atoms with Crippen molar-refractivity contribution in [3.05, 3.63) is 29.8 Å². The van der Waals surface area contributed by atoms with Gasteiger partial charge in [0.25, 0.3) is 5.91 Å². The van der Waals surface area contributed by atoms with Crippen LogP contribution in [0, 0.1) is 0 Å². The van der Waals surface area contributed by atoms with Crippen LogP contribution in [0.3, 0.4) is 0 Å². The summed E-state index contributed by atoms with van der Waals surface area (Å²) in [5, 5.41) is 6.08. The van der Waals surface area contributed by atoms with Gasteiger partial charge in [0.05, 0.1) is 12.6 Å². The Morgan fingerprint density at radius 2 is 2.11 bits per heavy atom. The highest BCUT2D eigenvalue weighted by atomic mass is 16.5. The molecule has 0 aromatic heterocycles. The topological polar surface area (TPSA) is 50.4 Å². The summed E-state index contributed by atoms with van der Waals surface area (Å²) in [5.74, 6) is 0.812. The van der Waals surface area contributed by atoms with Crippen LogP contribution in [0.1, 0.15) is 30.1 Å². The van der Waals surface area contributed by atoms with Crippen molar-refractivity contribution in [2.45, 2.75) is 25.8 Å². The first-order valence-electron chi connectivity index (χ1n) is 6.54. The van der Waals surface area contributed by atoms with Crippen LogP contribution in [0.5, 0.6) is 5.75 Å². The van der Waals surface area contributed by atoms with Gasteiger partial charge in [-0.2, -0.15) is 0 Å². The van der Waals surface area contributed by atoms with E-state index in [0.29, 0.717) is 5.56 Å². The molecule has 1 fully saturated rings. The molecule has 1 aromatic rings. The van der Waals surface area contributed by atoms with Gasteiger partial charge in [-0.3, -0.25) is 4.79 Å². The van der Waals surface area contributed by atoms with E-state index in [9.17, 15) is 4.79 Å². The Bertz CT molecular complexity index is 385. The number of nitrogens with one attached hydrogen (secondary N) is 2. The molecule has 0 unspecified atom stereocenters. The van der Waals surface area contributed by atoms with Gasteiger partial charge in [-0.1, -0.05) is 13.3 Å². The Morgan fingerprint density at radius 1 is 1.39 bits per heavy atom. The van der Waals surface area contributed by atoms with Crippen molar-refractivity contribution >= 4 is 5.91 Å². The minimum absolute atomic E-state index is 0.0124. The van der Waals surface area contributed by atoms with Crippen molar-refractivity contribution in [2.24, 2.45) is 0 Å². The largest absolute Gasteiger partial charge is 0.494 e. The molecule has 0 saturated carbocycles. The SMILES string of the molecule is CCCCOc1ccc(C(=O)NC2CNC2)cc1. The summed E-state index contributed by atoms with van der Waals surface area (Å²) in [6.07, 6.45) is 2.17. The van der Waals surface area contributed by atoms with Crippen molar-refractivity contribution in [1.29, 1.82) is 0 Å². The Kier molecular flexibility index (Phi) is 4.59. The third-order valence-corrected chi connectivity index (χ3v) is 3.00. The van der Waals surface area contributed by atoms with Gasteiger partial charge in [-0.05, 0) is 30.7 Å². The first-order chi connectivity index (χ1) is 8.79. The molecule has 1 amide bonds. The van der Waals surface area contributed by atoms with Crippen molar-refractivity contribution in [3.63, 3.8) is 0 Å². The van der Waals surface area contributed by atoms with Gasteiger partial charge in [0.15, 0.2) is 0 Å². The molecule has 1 aliphatic heterocycles. The zero-order valence-corrected chi connectivity index (χ0v) is 10.7. The predicted octanol–water partition coefficient (Wildman–Crippen LogP) is 1.57. The molecule has 4 heteroatoms. The monoisotopic (exact) mass is 248 g/mol. The van der Waals surface area contributed by atoms with Crippen LogP contribution < -0.4 is 15.4 Å². The van der Waals surface area contributed by atoms with E-state index in [1.807, 2.05) is 24.3 Å². The van der Waals surface area contributed by atoms with Crippen LogP contribution in [-0.2, 0) is 0 Å². The van der Waals surface area contributed by atoms with Crippen LogP contribution in [-0.4, -0.2) is 31.6 Å². The number of hydrogen-bond donors (Lipinski definition) is 2. The molecule has 1 heterocycles. The lowest BCUT2D eigenvalue weighted by Crippen LogP contribution is -2.56. The minimum Gasteiger partial charge on any atom is -0.494 e. The van der Waals surface area contributed by atoms with Crippen molar-refractivity contribution in [2.75, 3.05) is 19.7 Å². The molecule has 1 aliphatic rings. The van der Waals surface area contributed by atoms with Gasteiger partial charge in [-0.15, -0.1) is 0 Å². The lowest BCUT2D eigenvalue weighted by atomic mass is 10.1. The number of amides is 1. The molecule has 18 heavy (non-hydrogen) atoms. The second-order valence-electron chi connectivity index (χ2n) is 4.56. The molecular weight excluding hydrogens is 228 g/mol. The molecule has 0 atom stereocenters. The fourth-order valence-corrected chi connectivity index (χ4v) is 1.70. The van der Waals surface area contributed by atoms with Crippen LogP contribution >= 0.6 is 0 Å². The van der Waals surface area contributed by atoms with E-state index < -0.39 is 0 Å². The molecule has 2 rings (SSSR count). The van der Waals surface area contributed by atoms with Gasteiger partial charge >= 0.3 is 0 Å². The Labute approximate surface area is 108 Å². The molecule has 1 aromatic carbocycles. The quantitative estimate of drug-likeness (QED) is 0.751. The molecule has 0 aliphatic carbocycles. The van der Waals surface area contributed by atoms with Gasteiger partial charge in [-0.25, -0.2) is 0 Å². The maximum absolute atomic E-state index is 11.8. The number of unbranched alkanes of at least 4 members (excludes halogenated alkanes) is 1. The fourth-order valence-electron chi connectivity index (χ4n) is 1.70. The average Bonchev–Trinajstić information content (AvgIpc) is 2.35. The predicted molar refractivity (Wildman–Crippen MR) is 71.0 cm³/mol. The first kappa shape index (κ1) is 12.9. The standard InChI is InChI=1S/C14H20N2O2/c1-2-3-8-18-13-6-4-11(5-7-13)14(17)16-12-9-15-10-12/h4-7,12,15H,2-3,8-10H2,1H3,(H,16,17). The summed E-state index contributed by atoms with van der Waals surface area (Å²) in [7, 11) is 0. The summed E-state index contributed by atoms with van der Waals surface area (Å²) in [6, 6.07) is 7.59. The van der Waals surface area contributed by atoms with Gasteiger partial charge < -0.3 is 15.4 Å². The van der Waals surface area contributed by atoms with Crippen molar-refractivity contribution in [3.8, 4) is 5.75 Å². The van der Waals surface area contributed by atoms with Crippen molar-refractivity contribution in [1.82, 2.24) is 10.6 Å².